The minimum atomic E-state index is -5.80. The van der Waals surface area contributed by atoms with Gasteiger partial charge in [-0.05, 0) is 29.7 Å². The Morgan fingerprint density at radius 3 is 1.31 bits per heavy atom. The van der Waals surface area contributed by atoms with Crippen molar-refractivity contribution >= 4 is 85.4 Å². The molecule has 4 aromatic carbocycles. The molecule has 4 aromatic rings. The zero-order chi connectivity index (χ0) is 37.7. The number of phenols is 1. The number of azo groups is 2. The molecule has 24 nitrogen and oxygen atoms in total. The SMILES string of the molecule is O=[N+]([O-])c1ccc(N=Nc2c(S(=O)(=O)[O-])cc3cc(S(=O)(=O)[O-])c(N=Nc4ccc([N+](=O)[O-])cc4S(=O)(=O)O)c([O-])c3c2O)c(S(=O)(=O)[O-])c1.[Na+].[Na+].[Na+].[Na+]. The van der Waals surface area contributed by atoms with Gasteiger partial charge >= 0.3 is 118 Å². The Hall–Kier alpha value is -1.62. The number of non-ortho nitro benzene ring substituents is 2. The number of nitrogens with zero attached hydrogens (tertiary/aromatic N) is 6. The fourth-order valence-electron chi connectivity index (χ4n) is 4.03. The molecule has 0 aliphatic rings. The molecule has 0 aliphatic heterocycles. The number of rotatable bonds is 10. The van der Waals surface area contributed by atoms with Crippen molar-refractivity contribution in [2.24, 2.45) is 20.5 Å². The van der Waals surface area contributed by atoms with Gasteiger partial charge in [-0.1, -0.05) is 5.75 Å². The van der Waals surface area contributed by atoms with Gasteiger partial charge in [-0.3, -0.25) is 24.8 Å². The van der Waals surface area contributed by atoms with Crippen LogP contribution in [0.25, 0.3) is 10.8 Å². The molecule has 0 unspecified atom stereocenters. The standard InChI is InChI=1S/C22H14N6O18S4.4Na/c29-21-18-9(5-16(49(41,42)43)19(21)25-23-12-3-1-10(27(31)32)7-14(12)47(35,36)37)6-17(50(44,45)46)20(22(18)30)26-24-13-4-2-11(28(33)34)8-15(13)48(38,39)40;;;;/h1-8,29-30H,(H,35,36,37)(H,38,39,40)(H,41,42,43)(H,44,45,46);;;;/q;4*+1/p-4. The van der Waals surface area contributed by atoms with Gasteiger partial charge in [-0.15, -0.1) is 20.5 Å². The second kappa shape index (κ2) is 19.2. The average Bonchev–Trinajstić information content (AvgIpc) is 2.97. The van der Waals surface area contributed by atoms with Crippen LogP contribution in [0.4, 0.5) is 34.1 Å². The van der Waals surface area contributed by atoms with Gasteiger partial charge in [-0.2, -0.15) is 8.42 Å². The maximum Gasteiger partial charge on any atom is 1.00 e. The van der Waals surface area contributed by atoms with Crippen molar-refractivity contribution in [2.45, 2.75) is 19.6 Å². The fraction of sp³-hybridized carbons (Fsp3) is 0. The molecule has 0 saturated carbocycles. The van der Waals surface area contributed by atoms with E-state index in [9.17, 15) is 82.3 Å². The van der Waals surface area contributed by atoms with E-state index in [2.05, 4.69) is 20.5 Å². The van der Waals surface area contributed by atoms with Crippen molar-refractivity contribution in [3.05, 3.63) is 68.8 Å². The van der Waals surface area contributed by atoms with Crippen LogP contribution < -0.4 is 123 Å². The number of hydrogen-bond acceptors (Lipinski definition) is 21. The average molecular weight is 867 g/mol. The first-order valence-corrected chi connectivity index (χ1v) is 17.8. The van der Waals surface area contributed by atoms with Gasteiger partial charge in [0.15, 0.2) is 5.75 Å². The van der Waals surface area contributed by atoms with Crippen molar-refractivity contribution in [3.8, 4) is 11.5 Å². The number of phenolic OH excluding ortho intramolecular Hbond substituents is 1. The monoisotopic (exact) mass is 866 g/mol. The van der Waals surface area contributed by atoms with Gasteiger partial charge < -0.3 is 23.9 Å². The second-order valence-electron chi connectivity index (χ2n) is 9.28. The third kappa shape index (κ3) is 11.7. The Balaban J connectivity index is 0.00000702. The molecule has 0 spiro atoms. The predicted octanol–water partition coefficient (Wildman–Crippen LogP) is -9.76. The molecule has 0 amide bonds. The van der Waals surface area contributed by atoms with E-state index in [-0.39, 0.29) is 136 Å². The Morgan fingerprint density at radius 2 is 0.926 bits per heavy atom. The quantitative estimate of drug-likeness (QED) is 0.0491. The maximum absolute atomic E-state index is 13.5. The Morgan fingerprint density at radius 1 is 0.556 bits per heavy atom. The van der Waals surface area contributed by atoms with E-state index >= 15 is 0 Å². The van der Waals surface area contributed by atoms with Gasteiger partial charge in [0.2, 0.25) is 0 Å². The molecule has 54 heavy (non-hydrogen) atoms. The maximum atomic E-state index is 13.5. The molecule has 32 heteroatoms. The first kappa shape index (κ1) is 52.4. The van der Waals surface area contributed by atoms with Crippen LogP contribution in [0.1, 0.15) is 0 Å². The van der Waals surface area contributed by atoms with Crippen molar-refractivity contribution in [2.75, 3.05) is 0 Å². The molecule has 0 fully saturated rings. The van der Waals surface area contributed by atoms with Gasteiger partial charge in [0.05, 0.1) is 30.2 Å². The van der Waals surface area contributed by atoms with Crippen molar-refractivity contribution in [1.29, 1.82) is 0 Å². The van der Waals surface area contributed by atoms with Crippen LogP contribution in [0.3, 0.4) is 0 Å². The zero-order valence-electron chi connectivity index (χ0n) is 27.4. The first-order valence-electron chi connectivity index (χ1n) is 12.1. The van der Waals surface area contributed by atoms with E-state index in [1.54, 1.807) is 0 Å². The van der Waals surface area contributed by atoms with Crippen molar-refractivity contribution in [3.63, 3.8) is 0 Å². The van der Waals surface area contributed by atoms with Crippen LogP contribution in [-0.4, -0.2) is 66.8 Å². The molecule has 0 bridgehead atoms. The summed E-state index contributed by atoms with van der Waals surface area (Å²) in [5, 5.41) is 57.4. The molecular formula is C22H10N6Na4O18S4. The minimum Gasteiger partial charge on any atom is -0.870 e. The normalized spacial score (nSPS) is 12.0. The molecule has 0 heterocycles. The summed E-state index contributed by atoms with van der Waals surface area (Å²) in [6, 6.07) is 3.43. The summed E-state index contributed by atoms with van der Waals surface area (Å²) in [7, 11) is -22.5. The second-order valence-corrected chi connectivity index (χ2v) is 14.7. The summed E-state index contributed by atoms with van der Waals surface area (Å²) < 4.78 is 141. The molecule has 0 radical (unpaired) electrons. The topological polar surface area (TPSA) is 405 Å². The molecule has 0 aliphatic carbocycles. The first-order chi connectivity index (χ1) is 22.8. The summed E-state index contributed by atoms with van der Waals surface area (Å²) in [5.41, 5.74) is -6.71. The molecule has 0 saturated heterocycles. The molecule has 2 N–H and O–H groups in total. The Kier molecular flexibility index (Phi) is 18.6. The van der Waals surface area contributed by atoms with E-state index in [0.29, 0.717) is 30.3 Å². The summed E-state index contributed by atoms with van der Waals surface area (Å²) in [6.07, 6.45) is 0. The summed E-state index contributed by atoms with van der Waals surface area (Å²) >= 11 is 0. The largest absolute Gasteiger partial charge is 1.00 e. The van der Waals surface area contributed by atoms with Crippen molar-refractivity contribution in [1.82, 2.24) is 0 Å². The fourth-order valence-corrected chi connectivity index (χ4v) is 6.59. The molecule has 264 valence electrons. The third-order valence-electron chi connectivity index (χ3n) is 6.14. The van der Waals surface area contributed by atoms with Gasteiger partial charge in [0.1, 0.15) is 52.3 Å². The molecular weight excluding hydrogens is 856 g/mol. The van der Waals surface area contributed by atoms with Crippen molar-refractivity contribution < 1.29 is 190 Å². The number of nitro benzene ring substituents is 2. The van der Waals surface area contributed by atoms with Crippen LogP contribution in [0.15, 0.2) is 88.6 Å². The predicted molar refractivity (Wildman–Crippen MR) is 153 cm³/mol. The van der Waals surface area contributed by atoms with Gasteiger partial charge in [0, 0.05) is 29.7 Å². The molecule has 0 aromatic heterocycles. The van der Waals surface area contributed by atoms with Crippen LogP contribution >= 0.6 is 0 Å². The number of nitro groups is 2. The van der Waals surface area contributed by atoms with E-state index in [1.807, 2.05) is 0 Å². The zero-order valence-corrected chi connectivity index (χ0v) is 38.6. The van der Waals surface area contributed by atoms with Crippen LogP contribution in [0, 0.1) is 20.2 Å². The van der Waals surface area contributed by atoms with Crippen LogP contribution in [0.2, 0.25) is 0 Å². The van der Waals surface area contributed by atoms with E-state index < -0.39 is 126 Å². The van der Waals surface area contributed by atoms with E-state index in [1.165, 1.54) is 0 Å². The number of hydrogen-bond donors (Lipinski definition) is 2. The molecule has 0 atom stereocenters. The summed E-state index contributed by atoms with van der Waals surface area (Å²) in [4.78, 5) is 14.1. The number of aromatic hydroxyl groups is 1. The van der Waals surface area contributed by atoms with Crippen LogP contribution in [-0.2, 0) is 40.5 Å². The smallest absolute Gasteiger partial charge is 0.870 e. The number of benzene rings is 4. The third-order valence-corrected chi connectivity index (χ3v) is 9.59. The molecule has 4 rings (SSSR count). The van der Waals surface area contributed by atoms with E-state index in [0.717, 1.165) is 0 Å². The minimum absolute atomic E-state index is 0. The number of fused-ring (bicyclic) bond motifs is 1. The summed E-state index contributed by atoms with van der Waals surface area (Å²) in [5.74, 6) is -3.41. The van der Waals surface area contributed by atoms with E-state index in [4.69, 9.17) is 0 Å². The summed E-state index contributed by atoms with van der Waals surface area (Å²) in [6.45, 7) is 0. The van der Waals surface area contributed by atoms with Gasteiger partial charge in [-0.25, -0.2) is 25.3 Å². The Bertz CT molecular complexity index is 2520. The van der Waals surface area contributed by atoms with Crippen LogP contribution in [0.5, 0.6) is 11.5 Å². The Labute approximate surface area is 390 Å². The van der Waals surface area contributed by atoms with Gasteiger partial charge in [0.25, 0.3) is 21.5 Å².